The van der Waals surface area contributed by atoms with Gasteiger partial charge in [0.25, 0.3) is 0 Å². The molecule has 1 aliphatic rings. The van der Waals surface area contributed by atoms with Crippen molar-refractivity contribution in [3.05, 3.63) is 49.1 Å². The first-order chi connectivity index (χ1) is 16.0. The van der Waals surface area contributed by atoms with Crippen molar-refractivity contribution in [1.82, 2.24) is 4.90 Å². The monoisotopic (exact) mass is 510 g/mol. The molecule has 0 bridgehead atoms. The van der Waals surface area contributed by atoms with Crippen molar-refractivity contribution in [2.75, 3.05) is 31.3 Å². The highest BCUT2D eigenvalue weighted by Gasteiger charge is 2.41. The zero-order valence-corrected chi connectivity index (χ0v) is 20.3. The Morgan fingerprint density at radius 3 is 2.41 bits per heavy atom. The smallest absolute Gasteiger partial charge is 0.410 e. The number of carbonyl (C=O) groups is 4. The third kappa shape index (κ3) is 7.19. The van der Waals surface area contributed by atoms with Crippen LogP contribution in [-0.4, -0.2) is 68.5 Å². The lowest BCUT2D eigenvalue weighted by Crippen LogP contribution is -2.43. The fraction of sp³-hybridized carbons (Fsp3) is 0.364. The zero-order valence-electron chi connectivity index (χ0n) is 18.6. The van der Waals surface area contributed by atoms with Crippen molar-refractivity contribution in [2.24, 2.45) is 5.92 Å². The summed E-state index contributed by atoms with van der Waals surface area (Å²) in [7, 11) is -3.78. The summed E-state index contributed by atoms with van der Waals surface area (Å²) in [5, 5.41) is 2.11. The fourth-order valence-corrected chi connectivity index (χ4v) is 4.58. The number of sulfone groups is 1. The van der Waals surface area contributed by atoms with Crippen LogP contribution in [0.4, 0.5) is 10.5 Å². The van der Waals surface area contributed by atoms with Crippen LogP contribution in [0, 0.1) is 5.92 Å². The quantitative estimate of drug-likeness (QED) is 0.278. The van der Waals surface area contributed by atoms with Crippen molar-refractivity contribution >= 4 is 51.2 Å². The summed E-state index contributed by atoms with van der Waals surface area (Å²) in [6.45, 7) is 6.87. The van der Waals surface area contributed by atoms with E-state index in [0.717, 1.165) is 6.26 Å². The van der Waals surface area contributed by atoms with Crippen LogP contribution < -0.4 is 5.32 Å². The molecule has 2 amide bonds. The van der Waals surface area contributed by atoms with Crippen molar-refractivity contribution in [3.63, 3.8) is 0 Å². The number of nitrogens with one attached hydrogen (secondary N) is 1. The number of benzene rings is 1. The van der Waals surface area contributed by atoms with Gasteiger partial charge in [-0.25, -0.2) is 18.0 Å². The van der Waals surface area contributed by atoms with E-state index in [1.807, 2.05) is 0 Å². The lowest BCUT2D eigenvalue weighted by molar-refractivity contribution is -0.120. The second-order valence-corrected chi connectivity index (χ2v) is 10.1. The molecule has 0 unspecified atom stereocenters. The second kappa shape index (κ2) is 11.8. The van der Waals surface area contributed by atoms with Gasteiger partial charge < -0.3 is 14.8 Å². The van der Waals surface area contributed by atoms with Crippen LogP contribution in [0.2, 0.25) is 0 Å². The Labute approximate surface area is 203 Å². The van der Waals surface area contributed by atoms with Crippen molar-refractivity contribution in [2.45, 2.75) is 23.8 Å². The Balaban J connectivity index is 2.36. The highest BCUT2D eigenvalue weighted by Crippen LogP contribution is 2.30. The first-order valence-electron chi connectivity index (χ1n) is 10.2. The minimum Gasteiger partial charge on any atom is -0.458 e. The van der Waals surface area contributed by atoms with Crippen LogP contribution >= 0.6 is 12.6 Å². The number of anilines is 1. The molecule has 184 valence electrons. The van der Waals surface area contributed by atoms with Gasteiger partial charge in [0, 0.05) is 19.2 Å². The number of carbonyl (C=O) groups excluding carboxylic acids is 4. The number of nitrogens with zero attached hydrogens (tertiary/aromatic N) is 1. The molecule has 0 radical (unpaired) electrons. The van der Waals surface area contributed by atoms with Crippen LogP contribution in [0.25, 0.3) is 0 Å². The number of ether oxygens (including phenoxy) is 2. The molecule has 1 N–H and O–H groups in total. The summed E-state index contributed by atoms with van der Waals surface area (Å²) < 4.78 is 34.5. The lowest BCUT2D eigenvalue weighted by Gasteiger charge is -2.23. The second-order valence-electron chi connectivity index (χ2n) is 7.59. The average Bonchev–Trinajstić information content (AvgIpc) is 3.18. The first kappa shape index (κ1) is 27.1. The summed E-state index contributed by atoms with van der Waals surface area (Å²) in [6, 6.07) is 2.59. The van der Waals surface area contributed by atoms with Crippen LogP contribution in [0.15, 0.2) is 48.4 Å². The molecule has 12 heteroatoms. The summed E-state index contributed by atoms with van der Waals surface area (Å²) in [4.78, 5) is 50.2. The van der Waals surface area contributed by atoms with E-state index in [1.54, 1.807) is 0 Å². The molecule has 1 heterocycles. The minimum absolute atomic E-state index is 0.0109. The fourth-order valence-electron chi connectivity index (χ4n) is 3.49. The van der Waals surface area contributed by atoms with Gasteiger partial charge >= 0.3 is 12.1 Å². The summed E-state index contributed by atoms with van der Waals surface area (Å²) in [5.74, 6) is -1.78. The van der Waals surface area contributed by atoms with Crippen molar-refractivity contribution < 1.29 is 37.1 Å². The molecular formula is C22H26N2O8S2. The molecule has 2 rings (SSSR count). The Morgan fingerprint density at radius 2 is 1.82 bits per heavy atom. The zero-order chi connectivity index (χ0) is 25.5. The van der Waals surface area contributed by atoms with E-state index in [1.165, 1.54) is 35.3 Å². The van der Waals surface area contributed by atoms with Gasteiger partial charge in [0.1, 0.15) is 19.3 Å². The first-order valence-corrected chi connectivity index (χ1v) is 12.5. The van der Waals surface area contributed by atoms with Gasteiger partial charge in [-0.1, -0.05) is 25.3 Å². The van der Waals surface area contributed by atoms with Gasteiger partial charge in [0.15, 0.2) is 15.0 Å². The van der Waals surface area contributed by atoms with Crippen LogP contribution in [-0.2, 0) is 28.9 Å². The highest BCUT2D eigenvalue weighted by molar-refractivity contribution is 7.96. The molecule has 0 saturated carbocycles. The maximum atomic E-state index is 13.2. The van der Waals surface area contributed by atoms with Gasteiger partial charge in [-0.05, 0) is 30.5 Å². The summed E-state index contributed by atoms with van der Waals surface area (Å²) in [5.41, 5.74) is -0.134. The van der Waals surface area contributed by atoms with Gasteiger partial charge in [0.05, 0.1) is 16.1 Å². The molecule has 0 aromatic heterocycles. The van der Waals surface area contributed by atoms with Gasteiger partial charge in [-0.3, -0.25) is 14.5 Å². The van der Waals surface area contributed by atoms with Gasteiger partial charge in [0.2, 0.25) is 5.91 Å². The molecule has 34 heavy (non-hydrogen) atoms. The SMILES string of the molecule is C=CCOC(=O)c1ccc(S(C)(=O)=O)c(NC(=O)[C@@H]2C[C@@H](CC(=O)S)CN2C(=O)OCC=C)c1. The molecule has 1 aromatic carbocycles. The third-order valence-electron chi connectivity index (χ3n) is 4.92. The van der Waals surface area contributed by atoms with Gasteiger partial charge in [-0.15, -0.1) is 12.6 Å². The average molecular weight is 511 g/mol. The van der Waals surface area contributed by atoms with Crippen molar-refractivity contribution in [1.29, 1.82) is 0 Å². The van der Waals surface area contributed by atoms with Gasteiger partial charge in [-0.2, -0.15) is 0 Å². The number of hydrogen-bond donors (Lipinski definition) is 2. The molecule has 10 nitrogen and oxygen atoms in total. The lowest BCUT2D eigenvalue weighted by atomic mass is 10.0. The predicted octanol–water partition coefficient (Wildman–Crippen LogP) is 2.23. The maximum absolute atomic E-state index is 13.2. The van der Waals surface area contributed by atoms with Crippen LogP contribution in [0.3, 0.4) is 0 Å². The maximum Gasteiger partial charge on any atom is 0.410 e. The third-order valence-corrected chi connectivity index (χ3v) is 6.26. The summed E-state index contributed by atoms with van der Waals surface area (Å²) in [6.07, 6.45) is 3.09. The van der Waals surface area contributed by atoms with E-state index in [2.05, 4.69) is 31.1 Å². The molecule has 1 aromatic rings. The standard InChI is InChI=1S/C22H26N2O8S2/c1-4-8-31-21(27)15-6-7-18(34(3,29)30)16(12-15)23-20(26)17-10-14(11-19(25)33)13-24(17)22(28)32-9-5-2/h4-7,12,14,17H,1-2,8-11,13H2,3H3,(H,23,26)(H,25,33)/t14-,17-/m0/s1. The molecule has 1 fully saturated rings. The Hall–Kier alpha value is -3.12. The number of esters is 1. The van der Waals surface area contributed by atoms with Crippen LogP contribution in [0.1, 0.15) is 23.2 Å². The largest absolute Gasteiger partial charge is 0.458 e. The topological polar surface area (TPSA) is 136 Å². The minimum atomic E-state index is -3.78. The Kier molecular flexibility index (Phi) is 9.45. The number of amides is 2. The predicted molar refractivity (Wildman–Crippen MR) is 127 cm³/mol. The van der Waals surface area contributed by atoms with E-state index in [0.29, 0.717) is 0 Å². The molecule has 1 saturated heterocycles. The van der Waals surface area contributed by atoms with E-state index in [-0.39, 0.29) is 54.7 Å². The number of rotatable bonds is 10. The normalized spacial score (nSPS) is 17.5. The molecule has 1 aliphatic heterocycles. The van der Waals surface area contributed by atoms with E-state index >= 15 is 0 Å². The number of thiol groups is 1. The Bertz CT molecular complexity index is 1100. The number of hydrogen-bond acceptors (Lipinski definition) is 8. The van der Waals surface area contributed by atoms with E-state index in [4.69, 9.17) is 9.47 Å². The molecule has 0 spiro atoms. The Morgan fingerprint density at radius 1 is 1.18 bits per heavy atom. The highest BCUT2D eigenvalue weighted by atomic mass is 32.2. The van der Waals surface area contributed by atoms with Crippen LogP contribution in [0.5, 0.6) is 0 Å². The van der Waals surface area contributed by atoms with E-state index in [9.17, 15) is 27.6 Å². The summed E-state index contributed by atoms with van der Waals surface area (Å²) >= 11 is 3.77. The van der Waals surface area contributed by atoms with E-state index < -0.39 is 39.0 Å². The van der Waals surface area contributed by atoms with Crippen molar-refractivity contribution in [3.8, 4) is 0 Å². The molecular weight excluding hydrogens is 484 g/mol. The molecule has 2 atom stereocenters. The number of likely N-dealkylation sites (tertiary alicyclic amines) is 1. The molecule has 0 aliphatic carbocycles.